The Morgan fingerprint density at radius 3 is 2.60 bits per heavy atom. The van der Waals surface area contributed by atoms with Gasteiger partial charge in [0.1, 0.15) is 5.75 Å². The summed E-state index contributed by atoms with van der Waals surface area (Å²) >= 11 is 0. The zero-order valence-electron chi connectivity index (χ0n) is 11.1. The van der Waals surface area contributed by atoms with E-state index < -0.39 is 18.1 Å². The lowest BCUT2D eigenvalue weighted by molar-refractivity contribution is -0.0501. The van der Waals surface area contributed by atoms with Crippen LogP contribution < -0.4 is 15.8 Å². The van der Waals surface area contributed by atoms with Gasteiger partial charge in [-0.1, -0.05) is 25.0 Å². The van der Waals surface area contributed by atoms with Crippen LogP contribution in [0.1, 0.15) is 36.0 Å². The van der Waals surface area contributed by atoms with Gasteiger partial charge in [-0.2, -0.15) is 8.78 Å². The fourth-order valence-corrected chi connectivity index (χ4v) is 2.59. The van der Waals surface area contributed by atoms with Gasteiger partial charge >= 0.3 is 6.61 Å². The van der Waals surface area contributed by atoms with Gasteiger partial charge in [0.05, 0.1) is 11.1 Å². The average molecular weight is 284 g/mol. The minimum absolute atomic E-state index is 0.104. The van der Waals surface area contributed by atoms with Crippen molar-refractivity contribution in [2.24, 2.45) is 5.73 Å². The molecule has 0 saturated heterocycles. The molecule has 1 aliphatic carbocycles. The number of nitrogens with two attached hydrogens (primary N) is 1. The van der Waals surface area contributed by atoms with Crippen LogP contribution in [0, 0.1) is 0 Å². The van der Waals surface area contributed by atoms with E-state index in [1.54, 1.807) is 12.1 Å². The van der Waals surface area contributed by atoms with Crippen LogP contribution in [0.2, 0.25) is 0 Å². The molecule has 1 saturated carbocycles. The third kappa shape index (κ3) is 3.25. The summed E-state index contributed by atoms with van der Waals surface area (Å²) < 4.78 is 29.0. The summed E-state index contributed by atoms with van der Waals surface area (Å²) in [7, 11) is 0. The van der Waals surface area contributed by atoms with E-state index in [1.165, 1.54) is 12.1 Å². The van der Waals surface area contributed by atoms with Crippen LogP contribution in [-0.4, -0.2) is 24.6 Å². The molecule has 6 heteroatoms. The van der Waals surface area contributed by atoms with Crippen LogP contribution in [0.3, 0.4) is 0 Å². The number of carbonyl (C=O) groups is 1. The molecule has 1 aliphatic rings. The van der Waals surface area contributed by atoms with Crippen molar-refractivity contribution < 1.29 is 18.3 Å². The number of para-hydroxylation sites is 1. The van der Waals surface area contributed by atoms with E-state index in [4.69, 9.17) is 5.73 Å². The second-order valence-electron chi connectivity index (χ2n) is 5.02. The molecule has 110 valence electrons. The van der Waals surface area contributed by atoms with Gasteiger partial charge in [0.2, 0.25) is 0 Å². The van der Waals surface area contributed by atoms with E-state index in [2.05, 4.69) is 10.1 Å². The van der Waals surface area contributed by atoms with Crippen molar-refractivity contribution in [2.45, 2.75) is 37.8 Å². The molecule has 1 aromatic carbocycles. The number of halogens is 2. The van der Waals surface area contributed by atoms with Crippen LogP contribution in [0.4, 0.5) is 8.78 Å². The fraction of sp³-hybridized carbons (Fsp3) is 0.500. The zero-order chi connectivity index (χ0) is 14.6. The van der Waals surface area contributed by atoms with E-state index in [0.717, 1.165) is 25.7 Å². The van der Waals surface area contributed by atoms with Crippen molar-refractivity contribution in [3.8, 4) is 5.75 Å². The largest absolute Gasteiger partial charge is 0.434 e. The zero-order valence-corrected chi connectivity index (χ0v) is 11.1. The lowest BCUT2D eigenvalue weighted by Crippen LogP contribution is -2.51. The number of benzene rings is 1. The van der Waals surface area contributed by atoms with Crippen LogP contribution in [0.15, 0.2) is 24.3 Å². The second-order valence-corrected chi connectivity index (χ2v) is 5.02. The molecule has 0 bridgehead atoms. The van der Waals surface area contributed by atoms with Crippen LogP contribution in [-0.2, 0) is 0 Å². The highest BCUT2D eigenvalue weighted by Crippen LogP contribution is 2.30. The molecular weight excluding hydrogens is 266 g/mol. The number of amides is 1. The van der Waals surface area contributed by atoms with E-state index in [-0.39, 0.29) is 11.3 Å². The van der Waals surface area contributed by atoms with Gasteiger partial charge in [-0.05, 0) is 25.0 Å². The van der Waals surface area contributed by atoms with Crippen molar-refractivity contribution in [3.05, 3.63) is 29.8 Å². The highest BCUT2D eigenvalue weighted by molar-refractivity contribution is 5.97. The Bertz CT molecular complexity index is 474. The summed E-state index contributed by atoms with van der Waals surface area (Å²) in [6.45, 7) is -2.62. The Hall–Kier alpha value is -1.69. The molecule has 2 rings (SSSR count). The lowest BCUT2D eigenvalue weighted by atomic mass is 9.97. The molecule has 0 unspecified atom stereocenters. The Labute approximate surface area is 116 Å². The predicted molar refractivity (Wildman–Crippen MR) is 70.8 cm³/mol. The standard InChI is InChI=1S/C14H18F2N2O2/c15-13(16)20-11-6-2-1-5-10(11)12(19)18-14(9-17)7-3-4-8-14/h1-2,5-6,13H,3-4,7-9,17H2,(H,18,19). The fourth-order valence-electron chi connectivity index (χ4n) is 2.59. The Balaban J connectivity index is 2.16. The third-order valence-corrected chi connectivity index (χ3v) is 3.68. The maximum absolute atomic E-state index is 12.3. The molecule has 1 amide bonds. The first-order chi connectivity index (χ1) is 9.56. The number of rotatable bonds is 5. The molecule has 0 radical (unpaired) electrons. The molecule has 20 heavy (non-hydrogen) atoms. The molecular formula is C14H18F2N2O2. The minimum Gasteiger partial charge on any atom is -0.434 e. The van der Waals surface area contributed by atoms with Crippen LogP contribution in [0.25, 0.3) is 0 Å². The summed E-state index contributed by atoms with van der Waals surface area (Å²) in [5.74, 6) is -0.543. The molecule has 1 aromatic rings. The highest BCUT2D eigenvalue weighted by Gasteiger charge is 2.34. The van der Waals surface area contributed by atoms with Gasteiger partial charge in [-0.25, -0.2) is 0 Å². The number of carbonyl (C=O) groups excluding carboxylic acids is 1. The normalized spacial score (nSPS) is 17.2. The Morgan fingerprint density at radius 2 is 2.00 bits per heavy atom. The predicted octanol–water partition coefficient (Wildman–Crippen LogP) is 2.29. The van der Waals surface area contributed by atoms with Gasteiger partial charge in [-0.3, -0.25) is 4.79 Å². The quantitative estimate of drug-likeness (QED) is 0.872. The van der Waals surface area contributed by atoms with Crippen LogP contribution in [0.5, 0.6) is 5.75 Å². The molecule has 0 aromatic heterocycles. The Morgan fingerprint density at radius 1 is 1.35 bits per heavy atom. The number of hydrogen-bond acceptors (Lipinski definition) is 3. The molecule has 4 nitrogen and oxygen atoms in total. The second kappa shape index (κ2) is 6.17. The smallest absolute Gasteiger partial charge is 0.387 e. The van der Waals surface area contributed by atoms with Crippen molar-refractivity contribution in [3.63, 3.8) is 0 Å². The molecule has 0 aliphatic heterocycles. The topological polar surface area (TPSA) is 64.3 Å². The van der Waals surface area contributed by atoms with Crippen molar-refractivity contribution >= 4 is 5.91 Å². The molecule has 1 fully saturated rings. The van der Waals surface area contributed by atoms with E-state index >= 15 is 0 Å². The first kappa shape index (κ1) is 14.7. The van der Waals surface area contributed by atoms with Gasteiger partial charge in [0, 0.05) is 6.54 Å². The Kier molecular flexibility index (Phi) is 4.54. The molecule has 3 N–H and O–H groups in total. The van der Waals surface area contributed by atoms with Gasteiger partial charge in [0.25, 0.3) is 5.91 Å². The summed E-state index contributed by atoms with van der Waals surface area (Å²) in [6.07, 6.45) is 3.64. The summed E-state index contributed by atoms with van der Waals surface area (Å²) in [5, 5.41) is 2.88. The van der Waals surface area contributed by atoms with Crippen LogP contribution >= 0.6 is 0 Å². The first-order valence-electron chi connectivity index (χ1n) is 6.63. The van der Waals surface area contributed by atoms with Crippen molar-refractivity contribution in [2.75, 3.05) is 6.54 Å². The minimum atomic E-state index is -2.96. The SMILES string of the molecule is NCC1(NC(=O)c2ccccc2OC(F)F)CCCC1. The molecule has 0 heterocycles. The maximum atomic E-state index is 12.3. The summed E-state index contributed by atoms with van der Waals surface area (Å²) in [4.78, 5) is 12.3. The monoisotopic (exact) mass is 284 g/mol. The summed E-state index contributed by atoms with van der Waals surface area (Å²) in [6, 6.07) is 5.97. The average Bonchev–Trinajstić information content (AvgIpc) is 2.87. The number of ether oxygens (including phenoxy) is 1. The van der Waals surface area contributed by atoms with Gasteiger partial charge in [-0.15, -0.1) is 0 Å². The number of alkyl halides is 2. The number of hydrogen-bond donors (Lipinski definition) is 2. The summed E-state index contributed by atoms with van der Waals surface area (Å²) in [5.41, 5.74) is 5.43. The number of nitrogens with one attached hydrogen (secondary N) is 1. The first-order valence-corrected chi connectivity index (χ1v) is 6.63. The van der Waals surface area contributed by atoms with Crippen molar-refractivity contribution in [1.82, 2.24) is 5.32 Å². The van der Waals surface area contributed by atoms with Gasteiger partial charge < -0.3 is 15.8 Å². The van der Waals surface area contributed by atoms with Gasteiger partial charge in [0.15, 0.2) is 0 Å². The van der Waals surface area contributed by atoms with E-state index in [0.29, 0.717) is 6.54 Å². The van der Waals surface area contributed by atoms with E-state index in [1.807, 2.05) is 0 Å². The maximum Gasteiger partial charge on any atom is 0.387 e. The van der Waals surface area contributed by atoms with E-state index in [9.17, 15) is 13.6 Å². The molecule has 0 atom stereocenters. The highest BCUT2D eigenvalue weighted by atomic mass is 19.3. The third-order valence-electron chi connectivity index (χ3n) is 3.68. The molecule has 0 spiro atoms. The van der Waals surface area contributed by atoms with Crippen molar-refractivity contribution in [1.29, 1.82) is 0 Å². The lowest BCUT2D eigenvalue weighted by Gasteiger charge is -2.29.